The van der Waals surface area contributed by atoms with Crippen molar-refractivity contribution >= 4 is 23.3 Å². The van der Waals surface area contributed by atoms with Crippen LogP contribution in [0.15, 0.2) is 70.5 Å². The molecule has 0 fully saturated rings. The van der Waals surface area contributed by atoms with Crippen LogP contribution < -0.4 is 0 Å². The van der Waals surface area contributed by atoms with Crippen LogP contribution in [0.1, 0.15) is 0 Å². The lowest BCUT2D eigenvalue weighted by atomic mass is 10.4. The zero-order chi connectivity index (χ0) is 10.7. The third-order valence-electron chi connectivity index (χ3n) is 2.11. The van der Waals surface area contributed by atoms with Crippen LogP contribution in [-0.4, -0.2) is 8.42 Å². The summed E-state index contributed by atoms with van der Waals surface area (Å²) in [6.07, 6.45) is 0. The van der Waals surface area contributed by atoms with Crippen molar-refractivity contribution in [1.29, 1.82) is 0 Å². The van der Waals surface area contributed by atoms with E-state index in [1.54, 1.807) is 60.7 Å². The normalized spacial score (nSPS) is 10.5. The molecule has 0 aliphatic heterocycles. The quantitative estimate of drug-likeness (QED) is 0.823. The molecule has 4 heteroatoms. The van der Waals surface area contributed by atoms with E-state index in [-0.39, 0.29) is 13.5 Å². The van der Waals surface area contributed by atoms with Crippen LogP contribution in [0.4, 0.5) is 0 Å². The first-order valence-corrected chi connectivity index (χ1v) is 6.05. The third kappa shape index (κ3) is 2.46. The number of rotatable bonds is 2. The second-order valence-electron chi connectivity index (χ2n) is 3.13. The molecule has 0 heterocycles. The highest BCUT2D eigenvalue weighted by molar-refractivity contribution is 7.91. The summed E-state index contributed by atoms with van der Waals surface area (Å²) in [5, 5.41) is 0. The van der Waals surface area contributed by atoms with Crippen molar-refractivity contribution in [3.05, 3.63) is 60.7 Å². The second kappa shape index (κ2) is 5.18. The molecule has 0 aliphatic carbocycles. The van der Waals surface area contributed by atoms with Crippen LogP contribution in [0.3, 0.4) is 0 Å². The molecule has 0 amide bonds. The minimum absolute atomic E-state index is 0. The lowest BCUT2D eigenvalue weighted by molar-refractivity contribution is 0.596. The van der Waals surface area contributed by atoms with Gasteiger partial charge in [-0.3, -0.25) is 0 Å². The van der Waals surface area contributed by atoms with Crippen molar-refractivity contribution in [1.82, 2.24) is 0 Å². The Bertz CT molecular complexity index is 488. The van der Waals surface area contributed by atoms with Crippen LogP contribution in [0.5, 0.6) is 0 Å². The Balaban J connectivity index is 0.00000128. The molecule has 2 nitrogen and oxygen atoms in total. The third-order valence-corrected chi connectivity index (χ3v) is 3.89. The topological polar surface area (TPSA) is 34.1 Å². The SMILES string of the molecule is O=S(=O)(c1ccccc1)c1ccccc1.S. The monoisotopic (exact) mass is 252 g/mol. The molecule has 2 rings (SSSR count). The maximum atomic E-state index is 12.0. The van der Waals surface area contributed by atoms with E-state index in [9.17, 15) is 8.42 Å². The highest BCUT2D eigenvalue weighted by atomic mass is 32.2. The number of hydrogen-bond donors (Lipinski definition) is 0. The molecule has 0 bridgehead atoms. The fourth-order valence-electron chi connectivity index (χ4n) is 1.34. The summed E-state index contributed by atoms with van der Waals surface area (Å²) < 4.78 is 24.1. The van der Waals surface area contributed by atoms with Crippen LogP contribution >= 0.6 is 13.5 Å². The number of hydrogen-bond acceptors (Lipinski definition) is 2. The Labute approximate surface area is 102 Å². The van der Waals surface area contributed by atoms with Gasteiger partial charge in [-0.2, -0.15) is 13.5 Å². The van der Waals surface area contributed by atoms with E-state index in [1.807, 2.05) is 0 Å². The van der Waals surface area contributed by atoms with Crippen molar-refractivity contribution in [3.8, 4) is 0 Å². The molecule has 0 aliphatic rings. The summed E-state index contributed by atoms with van der Waals surface area (Å²) in [4.78, 5) is 0.660. The summed E-state index contributed by atoms with van der Waals surface area (Å²) in [7, 11) is -3.34. The molecule has 84 valence electrons. The first-order valence-electron chi connectivity index (χ1n) is 4.56. The molecule has 0 unspecified atom stereocenters. The molecule has 2 aromatic carbocycles. The van der Waals surface area contributed by atoms with Gasteiger partial charge in [-0.05, 0) is 24.3 Å². The van der Waals surface area contributed by atoms with Gasteiger partial charge in [0.25, 0.3) is 0 Å². The summed E-state index contributed by atoms with van der Waals surface area (Å²) >= 11 is 0. The summed E-state index contributed by atoms with van der Waals surface area (Å²) in [6.45, 7) is 0. The predicted molar refractivity (Wildman–Crippen MR) is 68.7 cm³/mol. The molecule has 0 aromatic heterocycles. The molecule has 0 atom stereocenters. The molecule has 2 aromatic rings. The van der Waals surface area contributed by atoms with Crippen molar-refractivity contribution in [2.24, 2.45) is 0 Å². The van der Waals surface area contributed by atoms with Gasteiger partial charge in [0.1, 0.15) is 0 Å². The van der Waals surface area contributed by atoms with E-state index in [2.05, 4.69) is 0 Å². The van der Waals surface area contributed by atoms with E-state index in [0.717, 1.165) is 0 Å². The zero-order valence-corrected chi connectivity index (χ0v) is 10.3. The average Bonchev–Trinajstić information content (AvgIpc) is 2.31. The Hall–Kier alpha value is -1.26. The van der Waals surface area contributed by atoms with E-state index in [1.165, 1.54) is 0 Å². The zero-order valence-electron chi connectivity index (χ0n) is 8.50. The van der Waals surface area contributed by atoms with Gasteiger partial charge in [-0.25, -0.2) is 8.42 Å². The lowest BCUT2D eigenvalue weighted by Gasteiger charge is -2.03. The van der Waals surface area contributed by atoms with Crippen molar-refractivity contribution < 1.29 is 8.42 Å². The van der Waals surface area contributed by atoms with Crippen LogP contribution in [0.2, 0.25) is 0 Å². The fourth-order valence-corrected chi connectivity index (χ4v) is 2.64. The Kier molecular flexibility index (Phi) is 4.15. The highest BCUT2D eigenvalue weighted by Gasteiger charge is 2.15. The molecule has 0 spiro atoms. The van der Waals surface area contributed by atoms with Gasteiger partial charge < -0.3 is 0 Å². The Morgan fingerprint density at radius 2 is 0.938 bits per heavy atom. The minimum atomic E-state index is -3.34. The first kappa shape index (κ1) is 12.8. The molecule has 16 heavy (non-hydrogen) atoms. The predicted octanol–water partition coefficient (Wildman–Crippen LogP) is 2.63. The minimum Gasteiger partial charge on any atom is -0.219 e. The number of benzene rings is 2. The van der Waals surface area contributed by atoms with Gasteiger partial charge in [0.05, 0.1) is 9.79 Å². The standard InChI is InChI=1S/C12H10O2S.H2S/c13-15(14,11-7-3-1-4-8-11)12-9-5-2-6-10-12;/h1-10H;1H2. The maximum Gasteiger partial charge on any atom is 0.206 e. The average molecular weight is 252 g/mol. The lowest BCUT2D eigenvalue weighted by Crippen LogP contribution is -2.00. The van der Waals surface area contributed by atoms with E-state index in [4.69, 9.17) is 0 Å². The Morgan fingerprint density at radius 3 is 1.25 bits per heavy atom. The van der Waals surface area contributed by atoms with Crippen LogP contribution in [0, 0.1) is 0 Å². The summed E-state index contributed by atoms with van der Waals surface area (Å²) in [5.74, 6) is 0. The summed E-state index contributed by atoms with van der Waals surface area (Å²) in [5.41, 5.74) is 0. The van der Waals surface area contributed by atoms with Gasteiger partial charge in [0.2, 0.25) is 9.84 Å². The Morgan fingerprint density at radius 1 is 0.625 bits per heavy atom. The first-order chi connectivity index (χ1) is 7.21. The van der Waals surface area contributed by atoms with E-state index < -0.39 is 9.84 Å². The van der Waals surface area contributed by atoms with Gasteiger partial charge in [-0.15, -0.1) is 0 Å². The molecule has 0 N–H and O–H groups in total. The second-order valence-corrected chi connectivity index (χ2v) is 5.08. The molecule has 0 radical (unpaired) electrons. The van der Waals surface area contributed by atoms with E-state index in [0.29, 0.717) is 9.79 Å². The van der Waals surface area contributed by atoms with Crippen LogP contribution in [0.25, 0.3) is 0 Å². The molecular weight excluding hydrogens is 240 g/mol. The van der Waals surface area contributed by atoms with Gasteiger partial charge in [-0.1, -0.05) is 36.4 Å². The van der Waals surface area contributed by atoms with Gasteiger partial charge in [0.15, 0.2) is 0 Å². The molecule has 0 saturated heterocycles. The maximum absolute atomic E-state index is 12.0. The van der Waals surface area contributed by atoms with Gasteiger partial charge >= 0.3 is 0 Å². The molecule has 0 saturated carbocycles. The summed E-state index contributed by atoms with van der Waals surface area (Å²) in [6, 6.07) is 16.9. The van der Waals surface area contributed by atoms with Crippen molar-refractivity contribution in [3.63, 3.8) is 0 Å². The van der Waals surface area contributed by atoms with E-state index >= 15 is 0 Å². The van der Waals surface area contributed by atoms with Gasteiger partial charge in [0, 0.05) is 0 Å². The number of sulfone groups is 1. The van der Waals surface area contributed by atoms with Crippen molar-refractivity contribution in [2.75, 3.05) is 0 Å². The van der Waals surface area contributed by atoms with Crippen LogP contribution in [-0.2, 0) is 9.84 Å². The fraction of sp³-hybridized carbons (Fsp3) is 0. The highest BCUT2D eigenvalue weighted by Crippen LogP contribution is 2.19. The van der Waals surface area contributed by atoms with Crippen molar-refractivity contribution in [2.45, 2.75) is 9.79 Å². The smallest absolute Gasteiger partial charge is 0.206 e. The largest absolute Gasteiger partial charge is 0.219 e. The molecular formula is C12H12O2S2.